The summed E-state index contributed by atoms with van der Waals surface area (Å²) in [6.07, 6.45) is 8.81. The number of anilines is 3. The van der Waals surface area contributed by atoms with Crippen molar-refractivity contribution in [2.45, 2.75) is 62.6 Å². The lowest BCUT2D eigenvalue weighted by atomic mass is 9.81. The van der Waals surface area contributed by atoms with Gasteiger partial charge in [0.2, 0.25) is 5.95 Å². The zero-order chi connectivity index (χ0) is 24.9. The fourth-order valence-electron chi connectivity index (χ4n) is 5.93. The van der Waals surface area contributed by atoms with E-state index in [1.807, 2.05) is 16.8 Å². The maximum absolute atomic E-state index is 12.8. The quantitative estimate of drug-likeness (QED) is 0.551. The molecule has 36 heavy (non-hydrogen) atoms. The first kappa shape index (κ1) is 23.6. The van der Waals surface area contributed by atoms with Crippen LogP contribution in [0.25, 0.3) is 11.0 Å². The Morgan fingerprint density at radius 2 is 1.81 bits per heavy atom. The number of hydrogen-bond donors (Lipinski definition) is 2. The van der Waals surface area contributed by atoms with Crippen LogP contribution in [0.15, 0.2) is 35.6 Å². The summed E-state index contributed by atoms with van der Waals surface area (Å²) in [5.74, 6) is 1.07. The molecule has 3 aromatic heterocycles. The molecule has 0 radical (unpaired) electrons. The lowest BCUT2D eigenvalue weighted by Gasteiger charge is -2.42. The van der Waals surface area contributed by atoms with Crippen molar-refractivity contribution in [3.8, 4) is 0 Å². The van der Waals surface area contributed by atoms with Crippen LogP contribution >= 0.6 is 0 Å². The third-order valence-corrected chi connectivity index (χ3v) is 9.41. The van der Waals surface area contributed by atoms with Gasteiger partial charge in [0.1, 0.15) is 11.5 Å². The summed E-state index contributed by atoms with van der Waals surface area (Å²) < 4.78 is 30.5. The summed E-state index contributed by atoms with van der Waals surface area (Å²) in [6, 6.07) is 6.29. The molecule has 1 saturated carbocycles. The van der Waals surface area contributed by atoms with Gasteiger partial charge in [-0.2, -0.15) is 4.98 Å². The van der Waals surface area contributed by atoms with Crippen molar-refractivity contribution in [2.75, 3.05) is 42.9 Å². The first-order chi connectivity index (χ1) is 17.3. The van der Waals surface area contributed by atoms with Crippen LogP contribution in [0.4, 0.5) is 17.5 Å². The van der Waals surface area contributed by atoms with E-state index in [2.05, 4.69) is 49.7 Å². The highest BCUT2D eigenvalue weighted by atomic mass is 32.2. The third kappa shape index (κ3) is 4.12. The molecule has 1 spiro atoms. The first-order valence-corrected chi connectivity index (χ1v) is 14.4. The van der Waals surface area contributed by atoms with Crippen LogP contribution < -0.4 is 14.9 Å². The Kier molecular flexibility index (Phi) is 5.88. The minimum absolute atomic E-state index is 0.272. The fraction of sp³-hybridized carbons (Fsp3) is 0.560. The van der Waals surface area contributed by atoms with E-state index in [4.69, 9.17) is 4.98 Å². The molecule has 0 bridgehead atoms. The first-order valence-electron chi connectivity index (χ1n) is 13.0. The van der Waals surface area contributed by atoms with E-state index in [9.17, 15) is 8.42 Å². The SMILES string of the molecule is CC(C)N1CCN(c2ccc(Nc3ncc4cc5n(c4n3)C3(CCCCC3)CNS5(=O)=O)nc2)CC1. The zero-order valence-corrected chi connectivity index (χ0v) is 21.8. The molecule has 2 N–H and O–H groups in total. The molecule has 3 aliphatic rings. The predicted molar refractivity (Wildman–Crippen MR) is 140 cm³/mol. The van der Waals surface area contributed by atoms with E-state index < -0.39 is 10.0 Å². The van der Waals surface area contributed by atoms with Gasteiger partial charge in [0.05, 0.1) is 17.4 Å². The number of nitrogens with zero attached hydrogens (tertiary/aromatic N) is 6. The van der Waals surface area contributed by atoms with Gasteiger partial charge < -0.3 is 14.8 Å². The number of hydrogen-bond acceptors (Lipinski definition) is 8. The summed E-state index contributed by atoms with van der Waals surface area (Å²) in [6.45, 7) is 8.99. The molecule has 2 aliphatic heterocycles. The van der Waals surface area contributed by atoms with Gasteiger partial charge in [-0.05, 0) is 44.9 Å². The second kappa shape index (κ2) is 8.97. The lowest BCUT2D eigenvalue weighted by molar-refractivity contribution is 0.181. The van der Waals surface area contributed by atoms with E-state index in [0.717, 1.165) is 62.9 Å². The molecule has 1 aliphatic carbocycles. The Labute approximate surface area is 212 Å². The molecule has 192 valence electrons. The van der Waals surface area contributed by atoms with Crippen LogP contribution in [0.1, 0.15) is 46.0 Å². The number of pyridine rings is 1. The number of piperazine rings is 1. The maximum Gasteiger partial charge on any atom is 0.256 e. The minimum Gasteiger partial charge on any atom is -0.368 e. The van der Waals surface area contributed by atoms with E-state index in [1.54, 1.807) is 12.3 Å². The molecule has 1 saturated heterocycles. The predicted octanol–water partition coefficient (Wildman–Crippen LogP) is 3.05. The van der Waals surface area contributed by atoms with Gasteiger partial charge in [0, 0.05) is 50.3 Å². The summed E-state index contributed by atoms with van der Waals surface area (Å²) in [5, 5.41) is 4.24. The number of rotatable bonds is 4. The van der Waals surface area contributed by atoms with Gasteiger partial charge in [-0.1, -0.05) is 19.3 Å². The van der Waals surface area contributed by atoms with Crippen molar-refractivity contribution in [3.05, 3.63) is 30.6 Å². The van der Waals surface area contributed by atoms with E-state index in [0.29, 0.717) is 30.0 Å². The van der Waals surface area contributed by atoms with Gasteiger partial charge in [-0.15, -0.1) is 0 Å². The summed E-state index contributed by atoms with van der Waals surface area (Å²) in [7, 11) is -3.57. The number of sulfonamides is 1. The van der Waals surface area contributed by atoms with Gasteiger partial charge >= 0.3 is 0 Å². The molecular formula is C25H34N8O2S. The Morgan fingerprint density at radius 3 is 2.50 bits per heavy atom. The normalized spacial score (nSPS) is 21.7. The molecule has 6 rings (SSSR count). The topological polar surface area (TPSA) is 108 Å². The molecule has 10 nitrogen and oxygen atoms in total. The Morgan fingerprint density at radius 1 is 1.03 bits per heavy atom. The molecule has 11 heteroatoms. The standard InChI is InChI=1S/C25H34N8O2S/c1-18(2)31-10-12-32(13-11-31)20-6-7-21(26-16-20)29-24-27-15-19-14-22-33(23(19)30-24)25(8-4-3-5-9-25)17-28-36(22,34)35/h6-7,14-16,18,28H,3-5,8-13,17H2,1-2H3,(H,26,27,29,30). The van der Waals surface area contributed by atoms with Gasteiger partial charge in [0.25, 0.3) is 10.0 Å². The van der Waals surface area contributed by atoms with Crippen molar-refractivity contribution < 1.29 is 8.42 Å². The molecule has 2 fully saturated rings. The van der Waals surface area contributed by atoms with Crippen LogP contribution in [0.3, 0.4) is 0 Å². The molecule has 0 amide bonds. The van der Waals surface area contributed by atoms with Crippen molar-refractivity contribution in [1.82, 2.24) is 29.1 Å². The fourth-order valence-corrected chi connectivity index (χ4v) is 7.34. The van der Waals surface area contributed by atoms with Crippen molar-refractivity contribution in [1.29, 1.82) is 0 Å². The number of fused-ring (bicyclic) bond motifs is 4. The Bertz CT molecular complexity index is 1350. The Hall–Kier alpha value is -2.76. The number of nitrogens with one attached hydrogen (secondary N) is 2. The second-order valence-corrected chi connectivity index (χ2v) is 12.3. The van der Waals surface area contributed by atoms with Crippen molar-refractivity contribution in [3.63, 3.8) is 0 Å². The van der Waals surface area contributed by atoms with Crippen LogP contribution in [0.5, 0.6) is 0 Å². The van der Waals surface area contributed by atoms with E-state index >= 15 is 0 Å². The summed E-state index contributed by atoms with van der Waals surface area (Å²) in [5.41, 5.74) is 1.50. The van der Waals surface area contributed by atoms with E-state index in [1.165, 1.54) is 6.42 Å². The molecular weight excluding hydrogens is 476 g/mol. The maximum atomic E-state index is 12.8. The van der Waals surface area contributed by atoms with Gasteiger partial charge in [-0.25, -0.2) is 23.1 Å². The average Bonchev–Trinajstić information content (AvgIpc) is 3.29. The smallest absolute Gasteiger partial charge is 0.256 e. The van der Waals surface area contributed by atoms with Crippen molar-refractivity contribution in [2.24, 2.45) is 0 Å². The highest BCUT2D eigenvalue weighted by Crippen LogP contribution is 2.42. The molecule has 3 aromatic rings. The Balaban J connectivity index is 1.26. The highest BCUT2D eigenvalue weighted by molar-refractivity contribution is 7.89. The minimum atomic E-state index is -3.57. The van der Waals surface area contributed by atoms with Gasteiger partial charge in [0.15, 0.2) is 5.03 Å². The average molecular weight is 511 g/mol. The van der Waals surface area contributed by atoms with Crippen LogP contribution in [-0.2, 0) is 15.6 Å². The number of aromatic nitrogens is 4. The van der Waals surface area contributed by atoms with Crippen LogP contribution in [0.2, 0.25) is 0 Å². The molecule has 0 atom stereocenters. The third-order valence-electron chi connectivity index (χ3n) is 8.03. The monoisotopic (exact) mass is 510 g/mol. The summed E-state index contributed by atoms with van der Waals surface area (Å²) >= 11 is 0. The summed E-state index contributed by atoms with van der Waals surface area (Å²) in [4.78, 5) is 18.7. The van der Waals surface area contributed by atoms with Crippen LogP contribution in [0, 0.1) is 0 Å². The largest absolute Gasteiger partial charge is 0.368 e. The van der Waals surface area contributed by atoms with E-state index in [-0.39, 0.29) is 10.6 Å². The van der Waals surface area contributed by atoms with Crippen LogP contribution in [-0.4, -0.2) is 71.6 Å². The highest BCUT2D eigenvalue weighted by Gasteiger charge is 2.43. The molecule has 0 unspecified atom stereocenters. The van der Waals surface area contributed by atoms with Gasteiger partial charge in [-0.3, -0.25) is 4.90 Å². The molecule has 0 aromatic carbocycles. The lowest BCUT2D eigenvalue weighted by Crippen LogP contribution is -2.52. The molecule has 5 heterocycles. The zero-order valence-electron chi connectivity index (χ0n) is 20.9. The second-order valence-electron chi connectivity index (χ2n) is 10.5. The van der Waals surface area contributed by atoms with Crippen molar-refractivity contribution >= 4 is 38.5 Å².